The average molecular weight is 473 g/mol. The van der Waals surface area contributed by atoms with Gasteiger partial charge in [0.1, 0.15) is 0 Å². The van der Waals surface area contributed by atoms with E-state index in [2.05, 4.69) is 29.2 Å². The molecular weight excluding hydrogens is 449 g/mol. The van der Waals surface area contributed by atoms with Crippen LogP contribution in [0.2, 0.25) is 0 Å². The van der Waals surface area contributed by atoms with Gasteiger partial charge in [0.2, 0.25) is 5.91 Å². The summed E-state index contributed by atoms with van der Waals surface area (Å²) in [5, 5.41) is 0. The normalized spacial score (nSPS) is 19.1. The molecule has 0 bridgehead atoms. The van der Waals surface area contributed by atoms with Gasteiger partial charge in [-0.15, -0.1) is 5.56 Å². The van der Waals surface area contributed by atoms with E-state index >= 15 is 0 Å². The van der Waals surface area contributed by atoms with E-state index in [4.69, 9.17) is 4.42 Å². The molecule has 3 aromatic rings. The zero-order valence-corrected chi connectivity index (χ0v) is 18.6. The molecule has 0 aliphatic carbocycles. The Kier molecular flexibility index (Phi) is 6.79. The Morgan fingerprint density at radius 2 is 1.75 bits per heavy atom. The van der Waals surface area contributed by atoms with Crippen molar-refractivity contribution in [2.75, 3.05) is 37.6 Å². The molecule has 2 aliphatic heterocycles. The number of hydrogen-bond donors (Lipinski definition) is 0. The summed E-state index contributed by atoms with van der Waals surface area (Å²) in [4.78, 5) is 31.2. The van der Waals surface area contributed by atoms with Gasteiger partial charge in [0, 0.05) is 67.7 Å². The van der Waals surface area contributed by atoms with Crippen LogP contribution in [0.15, 0.2) is 71.3 Å². The van der Waals surface area contributed by atoms with Crippen molar-refractivity contribution in [2.24, 2.45) is 0 Å². The molecule has 1 atom stereocenters. The minimum Gasteiger partial charge on any atom is -0.459 e. The van der Waals surface area contributed by atoms with Crippen LogP contribution in [-0.2, 0) is 21.6 Å². The van der Waals surface area contributed by atoms with Gasteiger partial charge in [-0.25, -0.2) is 0 Å². The van der Waals surface area contributed by atoms with Gasteiger partial charge in [0.05, 0.1) is 6.26 Å². The van der Waals surface area contributed by atoms with E-state index in [1.165, 1.54) is 6.26 Å². The third kappa shape index (κ3) is 4.50. The standard InChI is InChI=1S/C25H24N3O3.Co/c29-24-17-22(26-12-14-27(15-13-26)25(30)23-7-4-16-31-23)18-28(24)21-10-8-20(9-11-21)19-5-2-1-3-6-19;/h1-2,4-11,16,22H,12-15,17-18H2;/q-1;/t22-;/m1./s1. The van der Waals surface area contributed by atoms with Crippen molar-refractivity contribution in [1.82, 2.24) is 9.80 Å². The van der Waals surface area contributed by atoms with Crippen LogP contribution in [0, 0.1) is 6.07 Å². The molecule has 0 unspecified atom stereocenters. The number of carbonyl (C=O) groups is 2. The Morgan fingerprint density at radius 3 is 2.41 bits per heavy atom. The van der Waals surface area contributed by atoms with E-state index in [1.54, 1.807) is 12.1 Å². The number of nitrogens with zero attached hydrogens (tertiary/aromatic N) is 3. The Bertz CT molecular complexity index is 1050. The molecule has 1 aromatic heterocycles. The molecule has 2 saturated heterocycles. The fourth-order valence-electron chi connectivity index (χ4n) is 4.44. The second kappa shape index (κ2) is 9.73. The smallest absolute Gasteiger partial charge is 0.289 e. The Hall–Kier alpha value is -2.87. The zero-order valence-electron chi connectivity index (χ0n) is 17.6. The number of hydrogen-bond acceptors (Lipinski definition) is 4. The maximum absolute atomic E-state index is 12.7. The van der Waals surface area contributed by atoms with Gasteiger partial charge in [-0.05, 0) is 24.3 Å². The SMILES string of the molecule is O=C(c1ccco1)N1CCN([C@@H]2CC(=O)N(c3ccc(-c4c[c-]ccc4)cc3)C2)CC1.[Co]. The summed E-state index contributed by atoms with van der Waals surface area (Å²) in [6.45, 7) is 3.51. The molecule has 6 nitrogen and oxygen atoms in total. The van der Waals surface area contributed by atoms with Crippen LogP contribution >= 0.6 is 0 Å². The molecule has 2 aromatic carbocycles. The van der Waals surface area contributed by atoms with Gasteiger partial charge in [-0.3, -0.25) is 14.5 Å². The van der Waals surface area contributed by atoms with Crippen LogP contribution in [0.3, 0.4) is 0 Å². The number of benzene rings is 2. The molecule has 7 heteroatoms. The molecule has 32 heavy (non-hydrogen) atoms. The fourth-order valence-corrected chi connectivity index (χ4v) is 4.44. The molecule has 1 radical (unpaired) electrons. The third-order valence-corrected chi connectivity index (χ3v) is 6.17. The predicted molar refractivity (Wildman–Crippen MR) is 118 cm³/mol. The summed E-state index contributed by atoms with van der Waals surface area (Å²) in [6.07, 6.45) is 2.04. The van der Waals surface area contributed by atoms with Gasteiger partial charge in [0.15, 0.2) is 5.76 Å². The summed E-state index contributed by atoms with van der Waals surface area (Å²) in [7, 11) is 0. The summed E-state index contributed by atoms with van der Waals surface area (Å²) >= 11 is 0. The number of amides is 2. The van der Waals surface area contributed by atoms with Crippen molar-refractivity contribution < 1.29 is 30.8 Å². The van der Waals surface area contributed by atoms with E-state index < -0.39 is 0 Å². The van der Waals surface area contributed by atoms with Crippen LogP contribution in [0.5, 0.6) is 0 Å². The molecular formula is C25H24CoN3O3-. The number of carbonyl (C=O) groups excluding carboxylic acids is 2. The van der Waals surface area contributed by atoms with Gasteiger partial charge < -0.3 is 14.2 Å². The third-order valence-electron chi connectivity index (χ3n) is 6.17. The van der Waals surface area contributed by atoms with Crippen LogP contribution in [-0.4, -0.2) is 60.4 Å². The minimum atomic E-state index is -0.0649. The van der Waals surface area contributed by atoms with Gasteiger partial charge >= 0.3 is 0 Å². The van der Waals surface area contributed by atoms with E-state index in [9.17, 15) is 9.59 Å². The van der Waals surface area contributed by atoms with Crippen LogP contribution in [0.4, 0.5) is 5.69 Å². The van der Waals surface area contributed by atoms with E-state index in [1.807, 2.05) is 40.1 Å². The largest absolute Gasteiger partial charge is 0.459 e. The first-order chi connectivity index (χ1) is 15.2. The minimum absolute atomic E-state index is 0. The molecule has 2 amide bonds. The predicted octanol–water partition coefficient (Wildman–Crippen LogP) is 3.31. The monoisotopic (exact) mass is 473 g/mol. The molecule has 167 valence electrons. The van der Waals surface area contributed by atoms with Crippen molar-refractivity contribution in [3.8, 4) is 11.1 Å². The maximum atomic E-state index is 12.7. The fraction of sp³-hybridized carbons (Fsp3) is 0.280. The Labute approximate surface area is 198 Å². The van der Waals surface area contributed by atoms with Gasteiger partial charge in [-0.1, -0.05) is 17.7 Å². The van der Waals surface area contributed by atoms with Gasteiger partial charge in [0.25, 0.3) is 5.91 Å². The number of anilines is 1. The molecule has 2 aliphatic rings. The van der Waals surface area contributed by atoms with Crippen molar-refractivity contribution in [3.63, 3.8) is 0 Å². The number of furan rings is 1. The van der Waals surface area contributed by atoms with Gasteiger partial charge in [-0.2, -0.15) is 30.3 Å². The quantitative estimate of drug-likeness (QED) is 0.546. The first kappa shape index (κ1) is 22.3. The van der Waals surface area contributed by atoms with Crippen LogP contribution in [0.25, 0.3) is 11.1 Å². The molecule has 5 rings (SSSR count). The zero-order chi connectivity index (χ0) is 21.2. The van der Waals surface area contributed by atoms with Crippen LogP contribution in [0.1, 0.15) is 17.0 Å². The first-order valence-electron chi connectivity index (χ1n) is 10.6. The van der Waals surface area contributed by atoms with Crippen molar-refractivity contribution in [1.29, 1.82) is 0 Å². The summed E-state index contributed by atoms with van der Waals surface area (Å²) in [5.74, 6) is 0.470. The summed E-state index contributed by atoms with van der Waals surface area (Å²) < 4.78 is 5.23. The average Bonchev–Trinajstić information content (AvgIpc) is 3.50. The second-order valence-corrected chi connectivity index (χ2v) is 8.01. The maximum Gasteiger partial charge on any atom is 0.289 e. The molecule has 0 N–H and O–H groups in total. The van der Waals surface area contributed by atoms with Crippen molar-refractivity contribution in [2.45, 2.75) is 12.5 Å². The second-order valence-electron chi connectivity index (χ2n) is 8.01. The summed E-state index contributed by atoms with van der Waals surface area (Å²) in [5.41, 5.74) is 3.16. The van der Waals surface area contributed by atoms with Crippen LogP contribution < -0.4 is 4.90 Å². The molecule has 0 saturated carbocycles. The Morgan fingerprint density at radius 1 is 0.969 bits per heavy atom. The molecule has 3 heterocycles. The van der Waals surface area contributed by atoms with Crippen molar-refractivity contribution >= 4 is 17.5 Å². The van der Waals surface area contributed by atoms with E-state index in [0.717, 1.165) is 29.9 Å². The number of rotatable bonds is 4. The topological polar surface area (TPSA) is 57.0 Å². The molecule has 0 spiro atoms. The van der Waals surface area contributed by atoms with E-state index in [0.29, 0.717) is 31.8 Å². The Balaban J connectivity index is 0.00000245. The first-order valence-corrected chi connectivity index (χ1v) is 10.6. The van der Waals surface area contributed by atoms with E-state index in [-0.39, 0.29) is 34.6 Å². The number of piperazine rings is 1. The van der Waals surface area contributed by atoms with Crippen molar-refractivity contribution in [3.05, 3.63) is 78.8 Å². The summed E-state index contributed by atoms with van der Waals surface area (Å²) in [6, 6.07) is 22.7. The molecule has 2 fully saturated rings.